The second-order valence-electron chi connectivity index (χ2n) is 7.20. The van der Waals surface area contributed by atoms with Crippen molar-refractivity contribution in [1.82, 2.24) is 5.32 Å². The van der Waals surface area contributed by atoms with E-state index in [1.165, 1.54) is 5.56 Å². The van der Waals surface area contributed by atoms with Gasteiger partial charge in [0.05, 0.1) is 5.41 Å². The summed E-state index contributed by atoms with van der Waals surface area (Å²) in [5, 5.41) is 3.53. The number of carbonyl (C=O) groups excluding carboxylic acids is 1. The van der Waals surface area contributed by atoms with Gasteiger partial charge in [-0.25, -0.2) is 0 Å². The normalized spacial score (nSPS) is 25.0. The van der Waals surface area contributed by atoms with Crippen molar-refractivity contribution < 1.29 is 4.79 Å². The van der Waals surface area contributed by atoms with Gasteiger partial charge in [-0.1, -0.05) is 44.2 Å². The average Bonchev–Trinajstić information content (AvgIpc) is 2.38. The molecule has 20 heavy (non-hydrogen) atoms. The van der Waals surface area contributed by atoms with Crippen molar-refractivity contribution in [2.75, 3.05) is 6.54 Å². The van der Waals surface area contributed by atoms with Crippen LogP contribution in [0.1, 0.15) is 45.6 Å². The minimum Gasteiger partial charge on any atom is -0.369 e. The van der Waals surface area contributed by atoms with E-state index >= 15 is 0 Å². The van der Waals surface area contributed by atoms with Gasteiger partial charge in [0.25, 0.3) is 0 Å². The van der Waals surface area contributed by atoms with Crippen LogP contribution < -0.4 is 11.1 Å². The molecule has 3 N–H and O–H groups in total. The molecule has 3 heteroatoms. The van der Waals surface area contributed by atoms with E-state index in [1.54, 1.807) is 0 Å². The van der Waals surface area contributed by atoms with Crippen molar-refractivity contribution in [3.05, 3.63) is 35.9 Å². The molecule has 0 unspecified atom stereocenters. The largest absolute Gasteiger partial charge is 0.369 e. The number of hydrogen-bond acceptors (Lipinski definition) is 2. The van der Waals surface area contributed by atoms with E-state index in [-0.39, 0.29) is 11.3 Å². The molecule has 0 aliphatic heterocycles. The van der Waals surface area contributed by atoms with Crippen LogP contribution in [0.4, 0.5) is 0 Å². The fourth-order valence-electron chi connectivity index (χ4n) is 2.99. The molecule has 1 aliphatic carbocycles. The Labute approximate surface area is 121 Å². The lowest BCUT2D eigenvalue weighted by Crippen LogP contribution is -2.57. The van der Waals surface area contributed by atoms with Gasteiger partial charge >= 0.3 is 0 Å². The summed E-state index contributed by atoms with van der Waals surface area (Å²) in [6, 6.07) is 11.1. The molecule has 1 aromatic carbocycles. The first-order chi connectivity index (χ1) is 9.25. The van der Waals surface area contributed by atoms with Gasteiger partial charge in [-0.3, -0.25) is 4.79 Å². The molecule has 0 bridgehead atoms. The Morgan fingerprint density at radius 2 is 1.95 bits per heavy atom. The fraction of sp³-hybridized carbons (Fsp3) is 0.588. The number of nitrogens with one attached hydrogen (secondary N) is 1. The van der Waals surface area contributed by atoms with E-state index in [0.717, 1.165) is 6.42 Å². The van der Waals surface area contributed by atoms with E-state index in [1.807, 2.05) is 13.8 Å². The van der Waals surface area contributed by atoms with Crippen LogP contribution in [0, 0.1) is 10.8 Å². The van der Waals surface area contributed by atoms with E-state index < -0.39 is 5.41 Å². The standard InChI is InChI=1S/C17H26N2O/c1-16(2,15(18)20)11-19-14-10-13(17(14,3)4)12-8-6-5-7-9-12/h5-9,13-14,19H,10-11H2,1-4H3,(H2,18,20)/t13-,14+/m0/s1. The van der Waals surface area contributed by atoms with Crippen LogP contribution in [-0.4, -0.2) is 18.5 Å². The molecule has 3 nitrogen and oxygen atoms in total. The summed E-state index contributed by atoms with van der Waals surface area (Å²) in [4.78, 5) is 11.4. The maximum absolute atomic E-state index is 11.4. The summed E-state index contributed by atoms with van der Waals surface area (Å²) < 4.78 is 0. The third-order valence-electron chi connectivity index (χ3n) is 4.93. The maximum atomic E-state index is 11.4. The highest BCUT2D eigenvalue weighted by atomic mass is 16.1. The predicted molar refractivity (Wildman–Crippen MR) is 82.3 cm³/mol. The smallest absolute Gasteiger partial charge is 0.224 e. The van der Waals surface area contributed by atoms with Gasteiger partial charge in [-0.2, -0.15) is 0 Å². The topological polar surface area (TPSA) is 55.1 Å². The van der Waals surface area contributed by atoms with Gasteiger partial charge in [0.2, 0.25) is 5.91 Å². The van der Waals surface area contributed by atoms with Crippen LogP contribution >= 0.6 is 0 Å². The molecule has 2 atom stereocenters. The summed E-state index contributed by atoms with van der Waals surface area (Å²) in [5.41, 5.74) is 6.54. The Morgan fingerprint density at radius 3 is 2.45 bits per heavy atom. The molecule has 1 amide bonds. The maximum Gasteiger partial charge on any atom is 0.224 e. The summed E-state index contributed by atoms with van der Waals surface area (Å²) >= 11 is 0. The first kappa shape index (κ1) is 15.0. The second-order valence-corrected chi connectivity index (χ2v) is 7.20. The molecule has 1 aliphatic rings. The third kappa shape index (κ3) is 2.73. The van der Waals surface area contributed by atoms with Crippen LogP contribution in [-0.2, 0) is 4.79 Å². The molecule has 1 aromatic rings. The monoisotopic (exact) mass is 274 g/mol. The van der Waals surface area contributed by atoms with E-state index in [9.17, 15) is 4.79 Å². The Kier molecular flexibility index (Phi) is 3.92. The molecule has 0 heterocycles. The predicted octanol–water partition coefficient (Wildman–Crippen LogP) is 2.67. The van der Waals surface area contributed by atoms with E-state index in [0.29, 0.717) is 18.5 Å². The van der Waals surface area contributed by atoms with Crippen LogP contribution in [0.2, 0.25) is 0 Å². The quantitative estimate of drug-likeness (QED) is 0.867. The van der Waals surface area contributed by atoms with Crippen LogP contribution in [0.3, 0.4) is 0 Å². The Hall–Kier alpha value is -1.35. The molecule has 0 aromatic heterocycles. The molecule has 2 rings (SSSR count). The van der Waals surface area contributed by atoms with Crippen molar-refractivity contribution in [2.24, 2.45) is 16.6 Å². The second kappa shape index (κ2) is 5.21. The van der Waals surface area contributed by atoms with Crippen LogP contribution in [0.15, 0.2) is 30.3 Å². The number of amides is 1. The summed E-state index contributed by atoms with van der Waals surface area (Å²) in [7, 11) is 0. The molecule has 0 saturated heterocycles. The highest BCUT2D eigenvalue weighted by Gasteiger charge is 2.48. The highest BCUT2D eigenvalue weighted by Crippen LogP contribution is 2.52. The zero-order valence-corrected chi connectivity index (χ0v) is 12.9. The van der Waals surface area contributed by atoms with Crippen molar-refractivity contribution in [3.63, 3.8) is 0 Å². The average molecular weight is 274 g/mol. The first-order valence-corrected chi connectivity index (χ1v) is 7.33. The highest BCUT2D eigenvalue weighted by molar-refractivity contribution is 5.80. The zero-order valence-electron chi connectivity index (χ0n) is 12.9. The fourth-order valence-corrected chi connectivity index (χ4v) is 2.99. The first-order valence-electron chi connectivity index (χ1n) is 7.33. The van der Waals surface area contributed by atoms with Gasteiger partial charge in [-0.15, -0.1) is 0 Å². The minimum atomic E-state index is -0.492. The summed E-state index contributed by atoms with van der Waals surface area (Å²) in [6.45, 7) is 9.01. The van der Waals surface area contributed by atoms with Gasteiger partial charge in [0.15, 0.2) is 0 Å². The molecule has 1 saturated carbocycles. The molecule has 0 spiro atoms. The van der Waals surface area contributed by atoms with Gasteiger partial charge in [-0.05, 0) is 37.2 Å². The van der Waals surface area contributed by atoms with Crippen LogP contribution in [0.25, 0.3) is 0 Å². The lowest BCUT2D eigenvalue weighted by molar-refractivity contribution is -0.126. The molecule has 0 radical (unpaired) electrons. The summed E-state index contributed by atoms with van der Waals surface area (Å²) in [6.07, 6.45) is 1.12. The molecule has 110 valence electrons. The lowest BCUT2D eigenvalue weighted by atomic mass is 9.56. The number of nitrogens with two attached hydrogens (primary N) is 1. The Bertz CT molecular complexity index is 479. The zero-order chi connectivity index (χ0) is 15.0. The van der Waals surface area contributed by atoms with Crippen molar-refractivity contribution >= 4 is 5.91 Å². The van der Waals surface area contributed by atoms with Gasteiger partial charge < -0.3 is 11.1 Å². The molecular weight excluding hydrogens is 248 g/mol. The summed E-state index contributed by atoms with van der Waals surface area (Å²) in [5.74, 6) is 0.333. The minimum absolute atomic E-state index is 0.203. The number of carbonyl (C=O) groups is 1. The Balaban J connectivity index is 1.97. The van der Waals surface area contributed by atoms with E-state index in [2.05, 4.69) is 49.5 Å². The Morgan fingerprint density at radius 1 is 1.35 bits per heavy atom. The number of primary amides is 1. The molecular formula is C17H26N2O. The van der Waals surface area contributed by atoms with Gasteiger partial charge in [0.1, 0.15) is 0 Å². The number of benzene rings is 1. The van der Waals surface area contributed by atoms with Gasteiger partial charge in [0, 0.05) is 12.6 Å². The third-order valence-corrected chi connectivity index (χ3v) is 4.93. The molecule has 1 fully saturated rings. The lowest BCUT2D eigenvalue weighted by Gasteiger charge is -2.53. The van der Waals surface area contributed by atoms with Crippen LogP contribution in [0.5, 0.6) is 0 Å². The number of hydrogen-bond donors (Lipinski definition) is 2. The SMILES string of the molecule is CC(C)(CN[C@@H]1C[C@@H](c2ccccc2)C1(C)C)C(N)=O. The van der Waals surface area contributed by atoms with Crippen molar-refractivity contribution in [2.45, 2.75) is 46.1 Å². The van der Waals surface area contributed by atoms with Crippen molar-refractivity contribution in [1.29, 1.82) is 0 Å². The number of rotatable bonds is 5. The van der Waals surface area contributed by atoms with Crippen molar-refractivity contribution in [3.8, 4) is 0 Å². The van der Waals surface area contributed by atoms with E-state index in [4.69, 9.17) is 5.73 Å².